The number of nitrogens with zero attached hydrogens (tertiary/aromatic N) is 1. The number of hydrogen-bond acceptors (Lipinski definition) is 8. The Labute approximate surface area is 198 Å². The molecule has 3 rings (SSSR count). The zero-order valence-corrected chi connectivity index (χ0v) is 20.1. The van der Waals surface area contributed by atoms with Crippen molar-refractivity contribution in [3.05, 3.63) is 42.0 Å². The molecule has 11 heteroatoms. The second-order valence-corrected chi connectivity index (χ2v) is 9.35. The minimum atomic E-state index is -4.20. The Morgan fingerprint density at radius 1 is 1.15 bits per heavy atom. The van der Waals surface area contributed by atoms with Crippen LogP contribution in [0.4, 0.5) is 11.4 Å². The molecule has 0 amide bonds. The predicted octanol–water partition coefficient (Wildman–Crippen LogP) is 2.98. The number of anilines is 2. The van der Waals surface area contributed by atoms with E-state index in [2.05, 4.69) is 4.72 Å². The number of esters is 1. The molecule has 0 radical (unpaired) electrons. The maximum absolute atomic E-state index is 13.3. The summed E-state index contributed by atoms with van der Waals surface area (Å²) in [7, 11) is -1.44. The number of sulfonamides is 1. The molecule has 1 aliphatic rings. The van der Waals surface area contributed by atoms with Gasteiger partial charge in [-0.3, -0.25) is 9.52 Å². The Kier molecular flexibility index (Phi) is 7.87. The van der Waals surface area contributed by atoms with E-state index in [0.717, 1.165) is 0 Å². The number of aromatic carboxylic acids is 1. The summed E-state index contributed by atoms with van der Waals surface area (Å²) >= 11 is 0. The number of ether oxygens (including phenoxy) is 3. The first-order valence-corrected chi connectivity index (χ1v) is 12.2. The Hall–Kier alpha value is -3.47. The number of nitrogens with one attached hydrogen (secondary N) is 1. The average molecular weight is 493 g/mol. The quantitative estimate of drug-likeness (QED) is 0.507. The van der Waals surface area contributed by atoms with Crippen molar-refractivity contribution >= 4 is 33.3 Å². The zero-order chi connectivity index (χ0) is 24.9. The van der Waals surface area contributed by atoms with E-state index in [9.17, 15) is 23.1 Å². The van der Waals surface area contributed by atoms with E-state index in [1.165, 1.54) is 44.6 Å². The van der Waals surface area contributed by atoms with Crippen molar-refractivity contribution in [1.82, 2.24) is 0 Å². The van der Waals surface area contributed by atoms with Gasteiger partial charge in [0.1, 0.15) is 16.4 Å². The maximum atomic E-state index is 13.3. The van der Waals surface area contributed by atoms with Crippen LogP contribution < -0.4 is 19.1 Å². The minimum Gasteiger partial charge on any atom is -0.497 e. The second-order valence-electron chi connectivity index (χ2n) is 7.70. The number of carbonyl (C=O) groups is 2. The average Bonchev–Trinajstić information content (AvgIpc) is 2.83. The van der Waals surface area contributed by atoms with Crippen LogP contribution >= 0.6 is 0 Å². The third-order valence-electron chi connectivity index (χ3n) is 5.53. The molecule has 1 atom stereocenters. The molecule has 184 valence electrons. The molecule has 2 aromatic carbocycles. The van der Waals surface area contributed by atoms with E-state index in [0.29, 0.717) is 37.4 Å². The normalized spacial score (nSPS) is 16.0. The standard InChI is InChI=1S/C23H28N2O8S/c1-4-33-23(28)16-6-5-11-25(14-16)19-9-7-15(22(26)27)12-18(19)24-34(29,30)21-13-17(31-2)8-10-20(21)32-3/h7-10,12-13,16,24H,4-6,11,14H2,1-3H3,(H,26,27)/t16-/m0/s1. The highest BCUT2D eigenvalue weighted by Gasteiger charge is 2.30. The summed E-state index contributed by atoms with van der Waals surface area (Å²) in [5.41, 5.74) is 0.455. The van der Waals surface area contributed by atoms with Crippen molar-refractivity contribution < 1.29 is 37.3 Å². The number of hydrogen-bond donors (Lipinski definition) is 2. The van der Waals surface area contributed by atoms with Crippen LogP contribution in [-0.4, -0.2) is 59.4 Å². The molecule has 1 aliphatic heterocycles. The first kappa shape index (κ1) is 25.2. The van der Waals surface area contributed by atoms with Gasteiger partial charge in [-0.1, -0.05) is 0 Å². The topological polar surface area (TPSA) is 131 Å². The highest BCUT2D eigenvalue weighted by molar-refractivity contribution is 7.92. The fourth-order valence-electron chi connectivity index (χ4n) is 3.87. The van der Waals surface area contributed by atoms with Crippen LogP contribution in [0.2, 0.25) is 0 Å². The van der Waals surface area contributed by atoms with Gasteiger partial charge in [0, 0.05) is 19.2 Å². The Morgan fingerprint density at radius 3 is 2.56 bits per heavy atom. The molecular formula is C23H28N2O8S. The maximum Gasteiger partial charge on any atom is 0.335 e. The lowest BCUT2D eigenvalue weighted by Gasteiger charge is -2.34. The summed E-state index contributed by atoms with van der Waals surface area (Å²) in [5.74, 6) is -1.46. The molecule has 2 aromatic rings. The monoisotopic (exact) mass is 492 g/mol. The van der Waals surface area contributed by atoms with Gasteiger partial charge in [-0.2, -0.15) is 0 Å². The molecule has 0 bridgehead atoms. The number of benzene rings is 2. The number of piperidine rings is 1. The van der Waals surface area contributed by atoms with Crippen LogP contribution in [-0.2, 0) is 19.6 Å². The lowest BCUT2D eigenvalue weighted by atomic mass is 9.97. The largest absolute Gasteiger partial charge is 0.497 e. The molecule has 34 heavy (non-hydrogen) atoms. The van der Waals surface area contributed by atoms with E-state index in [1.807, 2.05) is 4.90 Å². The fraction of sp³-hybridized carbons (Fsp3) is 0.391. The van der Waals surface area contributed by atoms with Gasteiger partial charge in [0.05, 0.1) is 43.7 Å². The Morgan fingerprint density at radius 2 is 1.91 bits per heavy atom. The fourth-order valence-corrected chi connectivity index (χ4v) is 5.12. The zero-order valence-electron chi connectivity index (χ0n) is 19.2. The molecule has 1 heterocycles. The van der Waals surface area contributed by atoms with Crippen molar-refractivity contribution in [3.63, 3.8) is 0 Å². The van der Waals surface area contributed by atoms with Gasteiger partial charge >= 0.3 is 11.9 Å². The molecule has 0 unspecified atom stereocenters. The van der Waals surface area contributed by atoms with E-state index in [1.54, 1.807) is 13.0 Å². The van der Waals surface area contributed by atoms with Crippen LogP contribution in [0.1, 0.15) is 30.1 Å². The number of carboxylic acids is 1. The summed E-state index contributed by atoms with van der Waals surface area (Å²) in [4.78, 5) is 25.6. The molecule has 0 aromatic heterocycles. The van der Waals surface area contributed by atoms with Gasteiger partial charge in [0.25, 0.3) is 10.0 Å². The van der Waals surface area contributed by atoms with Gasteiger partial charge in [-0.05, 0) is 50.1 Å². The van der Waals surface area contributed by atoms with Crippen molar-refractivity contribution in [2.45, 2.75) is 24.7 Å². The van der Waals surface area contributed by atoms with E-state index >= 15 is 0 Å². The van der Waals surface area contributed by atoms with Crippen molar-refractivity contribution in [2.24, 2.45) is 5.92 Å². The van der Waals surface area contributed by atoms with Crippen molar-refractivity contribution in [2.75, 3.05) is 43.5 Å². The summed E-state index contributed by atoms with van der Waals surface area (Å²) in [6.45, 7) is 2.90. The molecule has 0 spiro atoms. The van der Waals surface area contributed by atoms with Gasteiger partial charge in [-0.15, -0.1) is 0 Å². The SMILES string of the molecule is CCOC(=O)[C@H]1CCCN(c2ccc(C(=O)O)cc2NS(=O)(=O)c2cc(OC)ccc2OC)C1. The van der Waals surface area contributed by atoms with Crippen LogP contribution in [0.25, 0.3) is 0 Å². The third kappa shape index (κ3) is 5.53. The Balaban J connectivity index is 2.01. The van der Waals surface area contributed by atoms with Crippen molar-refractivity contribution in [3.8, 4) is 11.5 Å². The van der Waals surface area contributed by atoms with E-state index in [-0.39, 0.29) is 40.4 Å². The second kappa shape index (κ2) is 10.6. The minimum absolute atomic E-state index is 0.0780. The van der Waals surface area contributed by atoms with Crippen LogP contribution in [0.5, 0.6) is 11.5 Å². The van der Waals surface area contributed by atoms with Crippen LogP contribution in [0, 0.1) is 5.92 Å². The number of carboxylic acid groups (broad SMARTS) is 1. The molecule has 1 fully saturated rings. The first-order chi connectivity index (χ1) is 16.2. The van der Waals surface area contributed by atoms with Gasteiger partial charge in [0.15, 0.2) is 0 Å². The summed E-state index contributed by atoms with van der Waals surface area (Å²) in [5, 5.41) is 9.46. The predicted molar refractivity (Wildman–Crippen MR) is 125 cm³/mol. The van der Waals surface area contributed by atoms with E-state index < -0.39 is 16.0 Å². The first-order valence-electron chi connectivity index (χ1n) is 10.7. The molecular weight excluding hydrogens is 464 g/mol. The van der Waals surface area contributed by atoms with Crippen LogP contribution in [0.15, 0.2) is 41.3 Å². The molecule has 0 aliphatic carbocycles. The molecule has 2 N–H and O–H groups in total. The molecule has 1 saturated heterocycles. The smallest absolute Gasteiger partial charge is 0.335 e. The van der Waals surface area contributed by atoms with Gasteiger partial charge in [-0.25, -0.2) is 13.2 Å². The molecule has 0 saturated carbocycles. The number of rotatable bonds is 9. The molecule has 10 nitrogen and oxygen atoms in total. The number of methoxy groups -OCH3 is 2. The third-order valence-corrected chi connectivity index (χ3v) is 6.92. The highest BCUT2D eigenvalue weighted by Crippen LogP contribution is 2.35. The lowest BCUT2D eigenvalue weighted by Crippen LogP contribution is -2.39. The van der Waals surface area contributed by atoms with Gasteiger partial charge in [0.2, 0.25) is 0 Å². The summed E-state index contributed by atoms with van der Waals surface area (Å²) < 4.78 is 44.7. The van der Waals surface area contributed by atoms with E-state index in [4.69, 9.17) is 14.2 Å². The summed E-state index contributed by atoms with van der Waals surface area (Å²) in [6, 6.07) is 8.55. The van der Waals surface area contributed by atoms with Crippen molar-refractivity contribution in [1.29, 1.82) is 0 Å². The highest BCUT2D eigenvalue weighted by atomic mass is 32.2. The van der Waals surface area contributed by atoms with Crippen LogP contribution in [0.3, 0.4) is 0 Å². The Bertz CT molecular complexity index is 1170. The number of carbonyl (C=O) groups excluding carboxylic acids is 1. The lowest BCUT2D eigenvalue weighted by molar-refractivity contribution is -0.148. The van der Waals surface area contributed by atoms with Gasteiger partial charge < -0.3 is 24.2 Å². The summed E-state index contributed by atoms with van der Waals surface area (Å²) in [6.07, 6.45) is 1.35.